The average molecular weight is 476 g/mol. The third kappa shape index (κ3) is 6.92. The van der Waals surface area contributed by atoms with E-state index in [0.717, 1.165) is 41.8 Å². The second kappa shape index (κ2) is 11.6. The lowest BCUT2D eigenvalue weighted by atomic mass is 9.97. The Bertz CT molecular complexity index is 1180. The van der Waals surface area contributed by atoms with Crippen LogP contribution >= 0.6 is 0 Å². The van der Waals surface area contributed by atoms with Crippen molar-refractivity contribution in [1.82, 2.24) is 0 Å². The zero-order valence-corrected chi connectivity index (χ0v) is 21.1. The standard InChI is InChI=1S/C29H34FN3O2/c1-19(2)16-33(17-20(3)4)28-13-12-22(24-14-21(5)10-11-23(24)18-34)15-27(28)32-29(35)31-26-9-7-6-8-25(26)30/h6-15,18-20H,16-17H2,1-5H3,(H2,31,32,35). The summed E-state index contributed by atoms with van der Waals surface area (Å²) in [6, 6.07) is 17.0. The van der Waals surface area contributed by atoms with Crippen molar-refractivity contribution in [3.8, 4) is 11.1 Å². The number of hydrogen-bond acceptors (Lipinski definition) is 3. The number of para-hydroxylation sites is 1. The fourth-order valence-electron chi connectivity index (χ4n) is 4.09. The van der Waals surface area contributed by atoms with Gasteiger partial charge < -0.3 is 15.5 Å². The van der Waals surface area contributed by atoms with Gasteiger partial charge in [0.2, 0.25) is 0 Å². The molecule has 0 fully saturated rings. The fourth-order valence-corrected chi connectivity index (χ4v) is 4.09. The van der Waals surface area contributed by atoms with Gasteiger partial charge in [0.1, 0.15) is 5.82 Å². The number of anilines is 3. The number of rotatable bonds is 9. The summed E-state index contributed by atoms with van der Waals surface area (Å²) >= 11 is 0. The first kappa shape index (κ1) is 25.9. The first-order valence-corrected chi connectivity index (χ1v) is 12.0. The minimum absolute atomic E-state index is 0.103. The van der Waals surface area contributed by atoms with Gasteiger partial charge in [-0.05, 0) is 54.2 Å². The van der Waals surface area contributed by atoms with E-state index in [1.807, 2.05) is 37.3 Å². The zero-order chi connectivity index (χ0) is 25.5. The molecule has 0 saturated heterocycles. The molecule has 6 heteroatoms. The lowest BCUT2D eigenvalue weighted by molar-refractivity contribution is 0.112. The molecule has 0 aliphatic heterocycles. The van der Waals surface area contributed by atoms with Crippen molar-refractivity contribution in [3.05, 3.63) is 77.6 Å². The van der Waals surface area contributed by atoms with Crippen LogP contribution in [0.1, 0.15) is 43.6 Å². The van der Waals surface area contributed by atoms with E-state index in [9.17, 15) is 14.0 Å². The highest BCUT2D eigenvalue weighted by atomic mass is 19.1. The normalized spacial score (nSPS) is 11.0. The molecule has 2 amide bonds. The lowest BCUT2D eigenvalue weighted by Crippen LogP contribution is -2.32. The molecule has 184 valence electrons. The number of amides is 2. The molecule has 0 saturated carbocycles. The van der Waals surface area contributed by atoms with Gasteiger partial charge >= 0.3 is 6.03 Å². The van der Waals surface area contributed by atoms with Gasteiger partial charge in [0.25, 0.3) is 0 Å². The molecular formula is C29H34FN3O2. The van der Waals surface area contributed by atoms with Gasteiger partial charge in [-0.3, -0.25) is 4.79 Å². The fraction of sp³-hybridized carbons (Fsp3) is 0.310. The van der Waals surface area contributed by atoms with Gasteiger partial charge in [-0.25, -0.2) is 9.18 Å². The Morgan fingerprint density at radius 1 is 0.914 bits per heavy atom. The molecule has 0 heterocycles. The number of nitrogens with zero attached hydrogens (tertiary/aromatic N) is 1. The molecule has 0 aromatic heterocycles. The van der Waals surface area contributed by atoms with Gasteiger partial charge in [-0.15, -0.1) is 0 Å². The smallest absolute Gasteiger partial charge is 0.323 e. The highest BCUT2D eigenvalue weighted by molar-refractivity contribution is 6.03. The molecule has 0 radical (unpaired) electrons. The van der Waals surface area contributed by atoms with E-state index in [-0.39, 0.29) is 5.69 Å². The molecule has 0 unspecified atom stereocenters. The SMILES string of the molecule is Cc1ccc(C=O)c(-c2ccc(N(CC(C)C)CC(C)C)c(NC(=O)Nc3ccccc3F)c2)c1. The van der Waals surface area contributed by atoms with Crippen molar-refractivity contribution >= 4 is 29.4 Å². The summed E-state index contributed by atoms with van der Waals surface area (Å²) in [7, 11) is 0. The van der Waals surface area contributed by atoms with Crippen LogP contribution in [-0.4, -0.2) is 25.4 Å². The van der Waals surface area contributed by atoms with Crippen LogP contribution in [0.5, 0.6) is 0 Å². The minimum atomic E-state index is -0.539. The number of aldehydes is 1. The van der Waals surface area contributed by atoms with Crippen LogP contribution in [0.4, 0.5) is 26.2 Å². The van der Waals surface area contributed by atoms with Crippen LogP contribution in [-0.2, 0) is 0 Å². The molecule has 0 aliphatic carbocycles. The maximum absolute atomic E-state index is 14.1. The lowest BCUT2D eigenvalue weighted by Gasteiger charge is -2.31. The van der Waals surface area contributed by atoms with Gasteiger partial charge in [0.05, 0.1) is 17.1 Å². The molecule has 2 N–H and O–H groups in total. The Balaban J connectivity index is 2.06. The first-order valence-electron chi connectivity index (χ1n) is 12.0. The summed E-state index contributed by atoms with van der Waals surface area (Å²) in [6.45, 7) is 12.2. The van der Waals surface area contributed by atoms with E-state index < -0.39 is 11.8 Å². The van der Waals surface area contributed by atoms with Crippen LogP contribution in [0.15, 0.2) is 60.7 Å². The molecule has 35 heavy (non-hydrogen) atoms. The summed E-state index contributed by atoms with van der Waals surface area (Å²) in [5.41, 5.74) is 4.79. The summed E-state index contributed by atoms with van der Waals surface area (Å²) in [6.07, 6.45) is 0.838. The highest BCUT2D eigenvalue weighted by Crippen LogP contribution is 2.34. The third-order valence-electron chi connectivity index (χ3n) is 5.53. The molecule has 0 bridgehead atoms. The van der Waals surface area contributed by atoms with Crippen molar-refractivity contribution in [1.29, 1.82) is 0 Å². The van der Waals surface area contributed by atoms with E-state index in [4.69, 9.17) is 0 Å². The Morgan fingerprint density at radius 3 is 2.20 bits per heavy atom. The summed E-state index contributed by atoms with van der Waals surface area (Å²) in [5.74, 6) is 0.312. The van der Waals surface area contributed by atoms with Gasteiger partial charge in [-0.1, -0.05) is 69.7 Å². The largest absolute Gasteiger partial charge is 0.369 e. The van der Waals surface area contributed by atoms with E-state index in [1.54, 1.807) is 18.2 Å². The van der Waals surface area contributed by atoms with Crippen LogP contribution in [0.2, 0.25) is 0 Å². The number of nitrogens with one attached hydrogen (secondary N) is 2. The molecule has 0 spiro atoms. The minimum Gasteiger partial charge on any atom is -0.369 e. The topological polar surface area (TPSA) is 61.4 Å². The number of aryl methyl sites for hydroxylation is 1. The Hall–Kier alpha value is -3.67. The first-order chi connectivity index (χ1) is 16.7. The Labute approximate surface area is 207 Å². The van der Waals surface area contributed by atoms with Crippen molar-refractivity contribution in [2.45, 2.75) is 34.6 Å². The average Bonchev–Trinajstić information content (AvgIpc) is 2.79. The Kier molecular flexibility index (Phi) is 8.63. The Morgan fingerprint density at radius 2 is 1.57 bits per heavy atom. The third-order valence-corrected chi connectivity index (χ3v) is 5.53. The summed E-state index contributed by atoms with van der Waals surface area (Å²) in [4.78, 5) is 26.9. The van der Waals surface area contributed by atoms with Gasteiger partial charge in [-0.2, -0.15) is 0 Å². The van der Waals surface area contributed by atoms with Crippen molar-refractivity contribution in [3.63, 3.8) is 0 Å². The number of carbonyl (C=O) groups is 2. The number of benzene rings is 3. The molecule has 5 nitrogen and oxygen atoms in total. The van der Waals surface area contributed by atoms with E-state index in [2.05, 4.69) is 43.2 Å². The van der Waals surface area contributed by atoms with Crippen LogP contribution < -0.4 is 15.5 Å². The second-order valence-electron chi connectivity index (χ2n) is 9.69. The number of hydrogen-bond donors (Lipinski definition) is 2. The second-order valence-corrected chi connectivity index (χ2v) is 9.69. The number of carbonyl (C=O) groups excluding carboxylic acids is 2. The summed E-state index contributed by atoms with van der Waals surface area (Å²) in [5, 5.41) is 5.53. The van der Waals surface area contributed by atoms with E-state index >= 15 is 0 Å². The monoisotopic (exact) mass is 475 g/mol. The summed E-state index contributed by atoms with van der Waals surface area (Å²) < 4.78 is 14.1. The van der Waals surface area contributed by atoms with E-state index in [1.165, 1.54) is 12.1 Å². The number of urea groups is 1. The predicted octanol–water partition coefficient (Wildman–Crippen LogP) is 7.38. The van der Waals surface area contributed by atoms with Crippen molar-refractivity contribution in [2.24, 2.45) is 11.8 Å². The maximum atomic E-state index is 14.1. The maximum Gasteiger partial charge on any atom is 0.323 e. The van der Waals surface area contributed by atoms with Crippen LogP contribution in [0, 0.1) is 24.6 Å². The molecule has 0 atom stereocenters. The molecule has 3 aromatic rings. The van der Waals surface area contributed by atoms with Crippen molar-refractivity contribution in [2.75, 3.05) is 28.6 Å². The quantitative estimate of drug-likeness (QED) is 0.318. The zero-order valence-electron chi connectivity index (χ0n) is 21.1. The molecule has 0 aliphatic rings. The predicted molar refractivity (Wildman–Crippen MR) is 143 cm³/mol. The van der Waals surface area contributed by atoms with Crippen LogP contribution in [0.25, 0.3) is 11.1 Å². The molecular weight excluding hydrogens is 441 g/mol. The molecule has 3 aromatic carbocycles. The molecule has 3 rings (SSSR count). The van der Waals surface area contributed by atoms with Gasteiger partial charge in [0, 0.05) is 18.7 Å². The number of halogens is 1. The van der Waals surface area contributed by atoms with E-state index in [0.29, 0.717) is 23.1 Å². The van der Waals surface area contributed by atoms with Gasteiger partial charge in [0.15, 0.2) is 6.29 Å². The highest BCUT2D eigenvalue weighted by Gasteiger charge is 2.18. The van der Waals surface area contributed by atoms with Crippen LogP contribution in [0.3, 0.4) is 0 Å². The van der Waals surface area contributed by atoms with Crippen molar-refractivity contribution < 1.29 is 14.0 Å².